The lowest BCUT2D eigenvalue weighted by Crippen LogP contribution is -2.26. The van der Waals surface area contributed by atoms with E-state index in [1.165, 1.54) is 0 Å². The Morgan fingerprint density at radius 2 is 1.93 bits per heavy atom. The Morgan fingerprint density at radius 3 is 2.41 bits per heavy atom. The molecule has 0 aliphatic carbocycles. The number of allylic oxidation sites excluding steroid dienone is 2. The summed E-state index contributed by atoms with van der Waals surface area (Å²) in [6, 6.07) is 3.55. The molecule has 0 amide bonds. The van der Waals surface area contributed by atoms with Crippen molar-refractivity contribution in [3.05, 3.63) is 48.1 Å². The molecule has 0 saturated heterocycles. The van der Waals surface area contributed by atoms with Gasteiger partial charge < -0.3 is 14.6 Å². The Kier molecular flexibility index (Phi) is 7.82. The number of rotatable bonds is 8. The Balaban J connectivity index is 3.40. The molecule has 148 valence electrons. The van der Waals surface area contributed by atoms with Gasteiger partial charge in [0.2, 0.25) is 0 Å². The zero-order chi connectivity index (χ0) is 20.8. The van der Waals surface area contributed by atoms with E-state index in [0.29, 0.717) is 23.7 Å². The van der Waals surface area contributed by atoms with Crippen LogP contribution in [0.2, 0.25) is 0 Å². The average molecular weight is 374 g/mol. The highest BCUT2D eigenvalue weighted by Gasteiger charge is 2.28. The Morgan fingerprint density at radius 1 is 1.30 bits per heavy atom. The summed E-state index contributed by atoms with van der Waals surface area (Å²) in [6.45, 7) is 14.8. The number of carbonyl (C=O) groups excluding carboxylic acids is 1. The fraction of sp³-hybridized carbons (Fsp3) is 0.455. The molecule has 0 bridgehead atoms. The van der Waals surface area contributed by atoms with Crippen LogP contribution in [0.25, 0.3) is 0 Å². The summed E-state index contributed by atoms with van der Waals surface area (Å²) < 4.78 is 11.4. The van der Waals surface area contributed by atoms with Gasteiger partial charge in [0, 0.05) is 5.92 Å². The first-order valence-corrected chi connectivity index (χ1v) is 8.99. The Hall–Kier alpha value is -2.56. The molecule has 0 fully saturated rings. The number of hydrogen-bond acceptors (Lipinski definition) is 4. The van der Waals surface area contributed by atoms with Gasteiger partial charge in [-0.25, -0.2) is 0 Å². The molecular weight excluding hydrogens is 344 g/mol. The van der Waals surface area contributed by atoms with Crippen molar-refractivity contribution in [1.82, 2.24) is 0 Å². The normalized spacial score (nSPS) is 13.9. The van der Waals surface area contributed by atoms with E-state index in [4.69, 9.17) is 9.47 Å². The molecule has 0 aliphatic rings. The van der Waals surface area contributed by atoms with Gasteiger partial charge in [0.05, 0.1) is 11.3 Å². The van der Waals surface area contributed by atoms with E-state index >= 15 is 0 Å². The molecule has 0 saturated carbocycles. The van der Waals surface area contributed by atoms with E-state index in [1.54, 1.807) is 39.8 Å². The predicted molar refractivity (Wildman–Crippen MR) is 106 cm³/mol. The first-order valence-electron chi connectivity index (χ1n) is 8.99. The van der Waals surface area contributed by atoms with Gasteiger partial charge in [-0.1, -0.05) is 31.2 Å². The number of esters is 1. The van der Waals surface area contributed by atoms with Crippen molar-refractivity contribution in [2.45, 2.75) is 47.5 Å². The zero-order valence-corrected chi connectivity index (χ0v) is 17.0. The predicted octanol–water partition coefficient (Wildman–Crippen LogP) is 4.89. The van der Waals surface area contributed by atoms with E-state index in [2.05, 4.69) is 6.58 Å². The summed E-state index contributed by atoms with van der Waals surface area (Å²) >= 11 is 0. The molecule has 0 spiro atoms. The molecule has 0 aliphatic heterocycles. The summed E-state index contributed by atoms with van der Waals surface area (Å²) in [5.41, 5.74) is 0.793. The van der Waals surface area contributed by atoms with Gasteiger partial charge in [-0.3, -0.25) is 9.59 Å². The van der Waals surface area contributed by atoms with Crippen molar-refractivity contribution < 1.29 is 24.2 Å². The van der Waals surface area contributed by atoms with Gasteiger partial charge >= 0.3 is 11.9 Å². The number of benzene rings is 1. The van der Waals surface area contributed by atoms with Crippen molar-refractivity contribution in [3.63, 3.8) is 0 Å². The maximum atomic E-state index is 12.4. The van der Waals surface area contributed by atoms with Crippen molar-refractivity contribution in [3.8, 4) is 11.5 Å². The van der Waals surface area contributed by atoms with Crippen molar-refractivity contribution in [2.24, 2.45) is 11.3 Å². The fourth-order valence-electron chi connectivity index (χ4n) is 2.46. The molecule has 5 nitrogen and oxygen atoms in total. The van der Waals surface area contributed by atoms with Gasteiger partial charge in [-0.15, -0.1) is 6.58 Å². The number of carboxylic acids is 1. The van der Waals surface area contributed by atoms with Gasteiger partial charge in [0.1, 0.15) is 6.61 Å². The number of aliphatic carboxylic acids is 1. The topological polar surface area (TPSA) is 72.8 Å². The standard InChI is InChI=1S/C22H30O5/c1-8-10-11-26-18-13-16(17(9-2)15(4)20(23)24)12-14(3)19(18)27-21(25)22(5,6)7/h8-10,12-13,15,17H,2,11H2,1,3-7H3,(H,23,24)/b10-8+/t15-,17-/m1/s1. The molecule has 1 aromatic carbocycles. The van der Waals surface area contributed by atoms with Crippen LogP contribution in [0.1, 0.15) is 51.7 Å². The summed E-state index contributed by atoms with van der Waals surface area (Å²) in [6.07, 6.45) is 5.31. The number of ether oxygens (including phenoxy) is 2. The minimum absolute atomic E-state index is 0.312. The van der Waals surface area contributed by atoms with Crippen LogP contribution in [-0.4, -0.2) is 23.7 Å². The van der Waals surface area contributed by atoms with E-state index < -0.39 is 23.2 Å². The third-order valence-corrected chi connectivity index (χ3v) is 4.21. The monoisotopic (exact) mass is 374 g/mol. The molecule has 1 rings (SSSR count). The molecule has 0 radical (unpaired) electrons. The first-order chi connectivity index (χ1) is 12.5. The van der Waals surface area contributed by atoms with E-state index in [0.717, 1.165) is 5.56 Å². The molecule has 1 aromatic rings. The van der Waals surface area contributed by atoms with Gasteiger partial charge in [0.15, 0.2) is 11.5 Å². The lowest BCUT2D eigenvalue weighted by molar-refractivity contribution is -0.143. The largest absolute Gasteiger partial charge is 0.486 e. The third kappa shape index (κ3) is 5.98. The smallest absolute Gasteiger partial charge is 0.316 e. The summed E-state index contributed by atoms with van der Waals surface area (Å²) in [7, 11) is 0. The van der Waals surface area contributed by atoms with Gasteiger partial charge in [-0.05, 0) is 51.8 Å². The molecule has 5 heteroatoms. The molecule has 27 heavy (non-hydrogen) atoms. The fourth-order valence-corrected chi connectivity index (χ4v) is 2.46. The number of hydrogen-bond donors (Lipinski definition) is 1. The highest BCUT2D eigenvalue weighted by atomic mass is 16.6. The van der Waals surface area contributed by atoms with Crippen molar-refractivity contribution >= 4 is 11.9 Å². The van der Waals surface area contributed by atoms with Gasteiger partial charge in [0.25, 0.3) is 0 Å². The third-order valence-electron chi connectivity index (χ3n) is 4.21. The number of aryl methyl sites for hydroxylation is 1. The minimum Gasteiger partial charge on any atom is -0.486 e. The SMILES string of the molecule is C=C[C@@H](c1cc(C)c(OC(=O)C(C)(C)C)c(OC/C=C/C)c1)[C@@H](C)C(=O)O. The lowest BCUT2D eigenvalue weighted by atomic mass is 9.86. The van der Waals surface area contributed by atoms with Crippen LogP contribution in [0.5, 0.6) is 11.5 Å². The quantitative estimate of drug-likeness (QED) is 0.398. The van der Waals surface area contributed by atoms with Gasteiger partial charge in [-0.2, -0.15) is 0 Å². The van der Waals surface area contributed by atoms with Crippen LogP contribution in [0, 0.1) is 18.3 Å². The molecule has 2 atom stereocenters. The maximum Gasteiger partial charge on any atom is 0.316 e. The minimum atomic E-state index is -0.905. The maximum absolute atomic E-state index is 12.4. The van der Waals surface area contributed by atoms with Crippen LogP contribution >= 0.6 is 0 Å². The average Bonchev–Trinajstić information content (AvgIpc) is 2.57. The van der Waals surface area contributed by atoms with Crippen LogP contribution in [0.3, 0.4) is 0 Å². The molecule has 0 heterocycles. The second-order valence-corrected chi connectivity index (χ2v) is 7.57. The summed E-state index contributed by atoms with van der Waals surface area (Å²) in [5, 5.41) is 9.36. The first kappa shape index (κ1) is 22.5. The van der Waals surface area contributed by atoms with E-state index in [1.807, 2.05) is 32.1 Å². The molecular formula is C22H30O5. The Bertz CT molecular complexity index is 725. The Labute approximate surface area is 161 Å². The molecule has 0 unspecified atom stereocenters. The van der Waals surface area contributed by atoms with Crippen LogP contribution in [-0.2, 0) is 9.59 Å². The second kappa shape index (κ2) is 9.40. The highest BCUT2D eigenvalue weighted by Crippen LogP contribution is 2.38. The van der Waals surface area contributed by atoms with Crippen LogP contribution in [0.4, 0.5) is 0 Å². The highest BCUT2D eigenvalue weighted by molar-refractivity contribution is 5.79. The lowest BCUT2D eigenvalue weighted by Gasteiger charge is -2.23. The van der Waals surface area contributed by atoms with E-state index in [9.17, 15) is 14.7 Å². The number of carboxylic acid groups (broad SMARTS) is 1. The zero-order valence-electron chi connectivity index (χ0n) is 17.0. The summed E-state index contributed by atoms with van der Waals surface area (Å²) in [4.78, 5) is 23.8. The molecule has 0 aromatic heterocycles. The number of carbonyl (C=O) groups is 2. The van der Waals surface area contributed by atoms with Crippen LogP contribution in [0.15, 0.2) is 36.9 Å². The van der Waals surface area contributed by atoms with E-state index in [-0.39, 0.29) is 5.97 Å². The van der Waals surface area contributed by atoms with Crippen molar-refractivity contribution in [2.75, 3.05) is 6.61 Å². The second-order valence-electron chi connectivity index (χ2n) is 7.57. The summed E-state index contributed by atoms with van der Waals surface area (Å²) in [5.74, 6) is -1.55. The van der Waals surface area contributed by atoms with Crippen LogP contribution < -0.4 is 9.47 Å². The molecule has 1 N–H and O–H groups in total. The van der Waals surface area contributed by atoms with Crippen molar-refractivity contribution in [1.29, 1.82) is 0 Å².